The van der Waals surface area contributed by atoms with Gasteiger partial charge in [0.05, 0.1) is 12.1 Å². The fourth-order valence-electron chi connectivity index (χ4n) is 4.10. The predicted molar refractivity (Wildman–Crippen MR) is 104 cm³/mol. The van der Waals surface area contributed by atoms with Gasteiger partial charge in [-0.3, -0.25) is 4.21 Å². The van der Waals surface area contributed by atoms with Crippen LogP contribution in [0.5, 0.6) is 0 Å². The second-order valence-corrected chi connectivity index (χ2v) is 8.77. The van der Waals surface area contributed by atoms with Gasteiger partial charge in [0.2, 0.25) is 0 Å². The van der Waals surface area contributed by atoms with Gasteiger partial charge in [-0.25, -0.2) is 4.79 Å². The molecule has 2 aromatic rings. The van der Waals surface area contributed by atoms with Crippen LogP contribution in [0.2, 0.25) is 0 Å². The Balaban J connectivity index is 1.61. The summed E-state index contributed by atoms with van der Waals surface area (Å²) in [6.07, 6.45) is 1.64. The van der Waals surface area contributed by atoms with Crippen molar-refractivity contribution in [3.05, 3.63) is 71.8 Å². The molecule has 0 N–H and O–H groups in total. The first kappa shape index (κ1) is 17.3. The standard InChI is InChI=1S/C21H24N2O2S/c24-21-22(15-17-7-3-1-4-8-17)19-11-13-26(25)14-12-20(19)23(21)16-18-9-5-2-6-10-18/h1-10,19-20H,11-16H2/t19-,20-/m0/s1. The average Bonchev–Trinajstić information content (AvgIpc) is 2.80. The van der Waals surface area contributed by atoms with Crippen molar-refractivity contribution >= 4 is 16.8 Å². The van der Waals surface area contributed by atoms with E-state index in [1.165, 1.54) is 0 Å². The van der Waals surface area contributed by atoms with E-state index < -0.39 is 10.8 Å². The number of benzene rings is 2. The zero-order chi connectivity index (χ0) is 17.9. The van der Waals surface area contributed by atoms with E-state index in [1.54, 1.807) is 0 Å². The Morgan fingerprint density at radius 3 is 1.62 bits per heavy atom. The average molecular weight is 369 g/mol. The maximum absolute atomic E-state index is 13.3. The molecule has 0 aliphatic carbocycles. The van der Waals surface area contributed by atoms with Crippen LogP contribution in [0, 0.1) is 0 Å². The predicted octanol–water partition coefficient (Wildman–Crippen LogP) is 3.40. The van der Waals surface area contributed by atoms with Gasteiger partial charge in [0.15, 0.2) is 0 Å². The Labute approximate surface area is 157 Å². The number of fused-ring (bicyclic) bond motifs is 1. The van der Waals surface area contributed by atoms with Crippen molar-refractivity contribution in [3.8, 4) is 0 Å². The van der Waals surface area contributed by atoms with E-state index >= 15 is 0 Å². The lowest BCUT2D eigenvalue weighted by molar-refractivity contribution is 0.180. The van der Waals surface area contributed by atoms with Gasteiger partial charge in [0, 0.05) is 35.4 Å². The number of carbonyl (C=O) groups is 1. The van der Waals surface area contributed by atoms with Crippen LogP contribution in [0.4, 0.5) is 4.79 Å². The maximum atomic E-state index is 13.3. The summed E-state index contributed by atoms with van der Waals surface area (Å²) in [5.74, 6) is 1.39. The molecule has 5 heteroatoms. The van der Waals surface area contributed by atoms with E-state index in [0.29, 0.717) is 24.6 Å². The van der Waals surface area contributed by atoms with E-state index in [0.717, 1.165) is 24.0 Å². The van der Waals surface area contributed by atoms with E-state index in [1.807, 2.05) is 46.2 Å². The van der Waals surface area contributed by atoms with Gasteiger partial charge in [-0.2, -0.15) is 0 Å². The first-order valence-corrected chi connectivity index (χ1v) is 10.7. The lowest BCUT2D eigenvalue weighted by atomic mass is 10.0. The monoisotopic (exact) mass is 368 g/mol. The Morgan fingerprint density at radius 1 is 0.769 bits per heavy atom. The lowest BCUT2D eigenvalue weighted by Gasteiger charge is -2.25. The molecule has 2 aromatic carbocycles. The summed E-state index contributed by atoms with van der Waals surface area (Å²) in [4.78, 5) is 17.3. The van der Waals surface area contributed by atoms with Crippen molar-refractivity contribution in [2.24, 2.45) is 0 Å². The summed E-state index contributed by atoms with van der Waals surface area (Å²) in [5, 5.41) is 0. The molecular weight excluding hydrogens is 344 g/mol. The van der Waals surface area contributed by atoms with E-state index in [9.17, 15) is 9.00 Å². The molecule has 0 aromatic heterocycles. The highest BCUT2D eigenvalue weighted by atomic mass is 32.2. The molecule has 2 atom stereocenters. The Kier molecular flexibility index (Phi) is 5.07. The highest BCUT2D eigenvalue weighted by Gasteiger charge is 2.46. The molecule has 0 spiro atoms. The third-order valence-electron chi connectivity index (χ3n) is 5.41. The number of carbonyl (C=O) groups excluding carboxylic acids is 1. The minimum Gasteiger partial charge on any atom is -0.315 e. The third-order valence-corrected chi connectivity index (χ3v) is 6.79. The highest BCUT2D eigenvalue weighted by Crippen LogP contribution is 2.32. The van der Waals surface area contributed by atoms with Crippen LogP contribution in [0.1, 0.15) is 24.0 Å². The number of rotatable bonds is 4. The van der Waals surface area contributed by atoms with Crippen LogP contribution < -0.4 is 0 Å². The molecule has 4 nitrogen and oxygen atoms in total. The quantitative estimate of drug-likeness (QED) is 0.830. The second-order valence-electron chi connectivity index (χ2n) is 7.07. The van der Waals surface area contributed by atoms with E-state index in [-0.39, 0.29) is 18.1 Å². The highest BCUT2D eigenvalue weighted by molar-refractivity contribution is 7.84. The van der Waals surface area contributed by atoms with Crippen LogP contribution in [-0.2, 0) is 23.9 Å². The zero-order valence-corrected chi connectivity index (χ0v) is 15.6. The number of hydrogen-bond donors (Lipinski definition) is 0. The summed E-state index contributed by atoms with van der Waals surface area (Å²) in [7, 11) is -0.765. The van der Waals surface area contributed by atoms with Crippen LogP contribution >= 0.6 is 0 Å². The molecule has 26 heavy (non-hydrogen) atoms. The smallest absolute Gasteiger partial charge is 0.315 e. The van der Waals surface area contributed by atoms with Crippen molar-refractivity contribution in [2.45, 2.75) is 38.0 Å². The topological polar surface area (TPSA) is 40.6 Å². The van der Waals surface area contributed by atoms with Crippen molar-refractivity contribution in [2.75, 3.05) is 11.5 Å². The molecule has 0 bridgehead atoms. The van der Waals surface area contributed by atoms with Crippen molar-refractivity contribution in [3.63, 3.8) is 0 Å². The van der Waals surface area contributed by atoms with Gasteiger partial charge >= 0.3 is 6.03 Å². The summed E-state index contributed by atoms with van der Waals surface area (Å²) < 4.78 is 12.1. The van der Waals surface area contributed by atoms with Gasteiger partial charge < -0.3 is 9.80 Å². The Bertz CT molecular complexity index is 718. The van der Waals surface area contributed by atoms with Gasteiger partial charge in [0.1, 0.15) is 0 Å². The molecule has 0 radical (unpaired) electrons. The normalized spacial score (nSPS) is 23.8. The third kappa shape index (κ3) is 3.54. The largest absolute Gasteiger partial charge is 0.321 e. The van der Waals surface area contributed by atoms with E-state index in [2.05, 4.69) is 24.3 Å². The SMILES string of the molecule is O=C1N(Cc2ccccc2)[C@H]2CCS(=O)CC[C@@H]2N1Cc1ccccc1. The summed E-state index contributed by atoms with van der Waals surface area (Å²) in [6, 6.07) is 20.7. The fourth-order valence-corrected chi connectivity index (χ4v) is 5.31. The molecule has 136 valence electrons. The molecule has 0 saturated carbocycles. The van der Waals surface area contributed by atoms with E-state index in [4.69, 9.17) is 0 Å². The van der Waals surface area contributed by atoms with Gasteiger partial charge in [0.25, 0.3) is 0 Å². The van der Waals surface area contributed by atoms with Crippen molar-refractivity contribution in [1.82, 2.24) is 9.80 Å². The lowest BCUT2D eigenvalue weighted by Crippen LogP contribution is -2.36. The minimum atomic E-state index is -0.765. The van der Waals surface area contributed by atoms with Crippen LogP contribution in [-0.4, -0.2) is 43.6 Å². The second kappa shape index (κ2) is 7.62. The van der Waals surface area contributed by atoms with Gasteiger partial charge in [-0.05, 0) is 24.0 Å². The van der Waals surface area contributed by atoms with Gasteiger partial charge in [-0.15, -0.1) is 0 Å². The van der Waals surface area contributed by atoms with Crippen molar-refractivity contribution < 1.29 is 9.00 Å². The Hall–Kier alpha value is -2.14. The molecule has 0 unspecified atom stereocenters. The molecule has 2 fully saturated rings. The molecule has 2 saturated heterocycles. The molecular formula is C21H24N2O2S. The van der Waals surface area contributed by atoms with Crippen LogP contribution in [0.25, 0.3) is 0 Å². The van der Waals surface area contributed by atoms with Crippen LogP contribution in [0.3, 0.4) is 0 Å². The maximum Gasteiger partial charge on any atom is 0.321 e. The number of urea groups is 1. The molecule has 2 aliphatic rings. The number of hydrogen-bond acceptors (Lipinski definition) is 2. The summed E-state index contributed by atoms with van der Waals surface area (Å²) in [5.41, 5.74) is 2.29. The molecule has 4 rings (SSSR count). The first-order valence-electron chi connectivity index (χ1n) is 9.22. The molecule has 2 heterocycles. The fraction of sp³-hybridized carbons (Fsp3) is 0.381. The molecule has 2 aliphatic heterocycles. The van der Waals surface area contributed by atoms with Crippen molar-refractivity contribution in [1.29, 1.82) is 0 Å². The number of amides is 2. The van der Waals surface area contributed by atoms with Crippen LogP contribution in [0.15, 0.2) is 60.7 Å². The summed E-state index contributed by atoms with van der Waals surface area (Å²) in [6.45, 7) is 1.25. The van der Waals surface area contributed by atoms with Gasteiger partial charge in [-0.1, -0.05) is 60.7 Å². The minimum absolute atomic E-state index is 0.111. The number of nitrogens with zero attached hydrogens (tertiary/aromatic N) is 2. The summed E-state index contributed by atoms with van der Waals surface area (Å²) >= 11 is 0. The molecule has 2 amide bonds. The zero-order valence-electron chi connectivity index (χ0n) is 14.8. The first-order chi connectivity index (χ1) is 12.7. The Morgan fingerprint density at radius 2 is 1.19 bits per heavy atom.